The number of nitrogens with one attached hydrogen (secondary N) is 1. The molecule has 0 unspecified atom stereocenters. The van der Waals surface area contributed by atoms with Gasteiger partial charge >= 0.3 is 6.09 Å². The second kappa shape index (κ2) is 26.6. The van der Waals surface area contributed by atoms with Gasteiger partial charge in [0.25, 0.3) is 0 Å². The zero-order valence-electron chi connectivity index (χ0n) is 55.6. The van der Waals surface area contributed by atoms with Crippen LogP contribution in [0.2, 0.25) is 0 Å². The molecule has 492 valence electrons. The molecule has 3 amide bonds. The Kier molecular flexibility index (Phi) is 18.9. The lowest BCUT2D eigenvalue weighted by atomic mass is 9.90. The summed E-state index contributed by atoms with van der Waals surface area (Å²) in [7, 11) is 0. The van der Waals surface area contributed by atoms with Gasteiger partial charge in [0.2, 0.25) is 11.8 Å². The first kappa shape index (κ1) is 66.2. The van der Waals surface area contributed by atoms with Gasteiger partial charge < -0.3 is 20.3 Å². The van der Waals surface area contributed by atoms with Crippen molar-refractivity contribution >= 4 is 85.8 Å². The van der Waals surface area contributed by atoms with Crippen molar-refractivity contribution in [3.05, 3.63) is 105 Å². The molecule has 2 aromatic carbocycles. The highest BCUT2D eigenvalue weighted by Crippen LogP contribution is 2.64. The van der Waals surface area contributed by atoms with Crippen LogP contribution in [0.1, 0.15) is 216 Å². The zero-order chi connectivity index (χ0) is 66.4. The van der Waals surface area contributed by atoms with Gasteiger partial charge in [0.05, 0.1) is 47.3 Å². The molecule has 2 aliphatic carbocycles. The Morgan fingerprint density at radius 3 is 1.44 bits per heavy atom. The Balaban J connectivity index is 0.000000192. The lowest BCUT2D eigenvalue weighted by Crippen LogP contribution is -2.45. The number of pyridine rings is 2. The lowest BCUT2D eigenvalue weighted by molar-refractivity contribution is -0.139. The van der Waals surface area contributed by atoms with Gasteiger partial charge in [0, 0.05) is 85.1 Å². The van der Waals surface area contributed by atoms with Gasteiger partial charge in [-0.25, -0.2) is 4.79 Å². The number of ketones is 6. The molecule has 6 aromatic rings. The topological polar surface area (TPSA) is 269 Å². The minimum Gasteiger partial charge on any atom is -0.444 e. The summed E-state index contributed by atoms with van der Waals surface area (Å²) < 4.78 is 8.75. The number of piperidine rings is 2. The fourth-order valence-electron chi connectivity index (χ4n) is 15.4. The molecule has 2 saturated heterocycles. The number of carbonyl (C=O) groups excluding carboxylic acids is 9. The van der Waals surface area contributed by atoms with Gasteiger partial charge in [0.15, 0.2) is 23.1 Å². The second-order valence-corrected chi connectivity index (χ2v) is 28.7. The summed E-state index contributed by atoms with van der Waals surface area (Å²) in [4.78, 5) is 134. The van der Waals surface area contributed by atoms with Crippen molar-refractivity contribution in [2.75, 3.05) is 11.1 Å². The van der Waals surface area contributed by atoms with Crippen LogP contribution >= 0.6 is 0 Å². The molecule has 6 aliphatic rings. The van der Waals surface area contributed by atoms with Crippen LogP contribution in [-0.4, -0.2) is 122 Å². The van der Waals surface area contributed by atoms with Crippen LogP contribution in [0.5, 0.6) is 0 Å². The molecule has 0 spiro atoms. The van der Waals surface area contributed by atoms with Crippen molar-refractivity contribution in [3.8, 4) is 0 Å². The Morgan fingerprint density at radius 1 is 0.570 bits per heavy atom. The fraction of sp³-hybridized carbons (Fsp3) is 0.548. The Labute approximate surface area is 543 Å². The van der Waals surface area contributed by atoms with E-state index in [0.717, 1.165) is 115 Å². The van der Waals surface area contributed by atoms with Crippen LogP contribution in [0.15, 0.2) is 48.5 Å². The first-order valence-electron chi connectivity index (χ1n) is 33.6. The van der Waals surface area contributed by atoms with Crippen molar-refractivity contribution in [2.45, 2.75) is 246 Å². The summed E-state index contributed by atoms with van der Waals surface area (Å²) in [6, 6.07) is 13.6. The third-order valence-electron chi connectivity index (χ3n) is 20.4. The first-order chi connectivity index (χ1) is 44.2. The highest BCUT2D eigenvalue weighted by atomic mass is 16.6. The molecule has 8 heterocycles. The summed E-state index contributed by atoms with van der Waals surface area (Å²) in [5.41, 5.74) is 14.9. The number of benzene rings is 2. The highest BCUT2D eigenvalue weighted by molar-refractivity contribution is 6.08. The van der Waals surface area contributed by atoms with Gasteiger partial charge in [-0.2, -0.15) is 10.2 Å². The predicted molar refractivity (Wildman–Crippen MR) is 353 cm³/mol. The van der Waals surface area contributed by atoms with Crippen LogP contribution in [0.4, 0.5) is 16.2 Å². The van der Waals surface area contributed by atoms with Crippen molar-refractivity contribution in [2.24, 2.45) is 10.8 Å². The summed E-state index contributed by atoms with van der Waals surface area (Å²) in [5.74, 6) is -0.438. The summed E-state index contributed by atoms with van der Waals surface area (Å²) in [5, 5.41) is 13.4. The van der Waals surface area contributed by atoms with Gasteiger partial charge in [-0.1, -0.05) is 37.8 Å². The quantitative estimate of drug-likeness (QED) is 0.101. The maximum atomic E-state index is 14.5. The van der Waals surface area contributed by atoms with Crippen molar-refractivity contribution < 1.29 is 47.9 Å². The van der Waals surface area contributed by atoms with Crippen molar-refractivity contribution in [1.82, 2.24) is 39.3 Å². The number of hydrogen-bond donors (Lipinski definition) is 2. The molecule has 4 aromatic heterocycles. The van der Waals surface area contributed by atoms with E-state index >= 15 is 0 Å². The Morgan fingerprint density at radius 2 is 1.00 bits per heavy atom. The smallest absolute Gasteiger partial charge is 0.412 e. The summed E-state index contributed by atoms with van der Waals surface area (Å²) in [6.07, 6.45) is 14.3. The number of nitrogens with zero attached hydrogens (tertiary/aromatic N) is 8. The number of carbonyl (C=O) groups is 9. The highest BCUT2D eigenvalue weighted by Gasteiger charge is 2.67. The van der Waals surface area contributed by atoms with E-state index in [1.165, 1.54) is 13.8 Å². The number of anilines is 2. The van der Waals surface area contributed by atoms with Crippen molar-refractivity contribution in [1.29, 1.82) is 0 Å². The van der Waals surface area contributed by atoms with Gasteiger partial charge in [-0.05, 0) is 195 Å². The van der Waals surface area contributed by atoms with Gasteiger partial charge in [-0.15, -0.1) is 0 Å². The standard InChI is InChI=1S/C39H49N5O6.C34H41N5O4/c1-23-13-14-24(2)40-30(23)19-32(47)31-20-39-16-15-28(46)12-10-8-7-9-11-26-17-27(41-37(49)50-38(4,5)6)18-29-35(25(3)45)42-43(36(26)29)22-34(48)44(31)33(39)21-39;1-20-10-11-21(2)36-27(20)16-29(42)28-17-34-13-12-25(41)9-7-5-4-6-8-23-14-24(35)15-26-32(22(3)40)37-38(33(23)26)19-31(43)39(28)30(34)18-34/h13-14,17-18,31,33H,7-12,15-16,19-22H2,1-6H3,(H,41,49);10-11,14-15,28,30H,4-9,12-13,16-19,35H2,1-3H3/t31-,33+,39-;28-,30+,34-/m00/s1. The van der Waals surface area contributed by atoms with Gasteiger partial charge in [-0.3, -0.25) is 63.0 Å². The summed E-state index contributed by atoms with van der Waals surface area (Å²) in [6.45, 7) is 15.8. The Bertz CT molecular complexity index is 4020. The molecular formula is C73H90N10O10. The average molecular weight is 1270 g/mol. The molecular weight excluding hydrogens is 1180 g/mol. The molecule has 93 heavy (non-hydrogen) atoms. The van der Waals surface area contributed by atoms with E-state index in [-0.39, 0.29) is 101 Å². The number of Topliss-reactive ketones (excluding diaryl/α,β-unsaturated/α-hetero) is 6. The van der Waals surface area contributed by atoms with Gasteiger partial charge in [0.1, 0.15) is 41.6 Å². The van der Waals surface area contributed by atoms with E-state index in [1.54, 1.807) is 52.1 Å². The van der Waals surface area contributed by atoms with Crippen LogP contribution in [0.25, 0.3) is 21.8 Å². The van der Waals surface area contributed by atoms with E-state index in [4.69, 9.17) is 15.6 Å². The fourth-order valence-corrected chi connectivity index (χ4v) is 15.4. The number of amides is 3. The van der Waals surface area contributed by atoms with E-state index in [0.29, 0.717) is 96.8 Å². The minimum absolute atomic E-state index is 0.0231. The molecule has 20 nitrogen and oxygen atoms in total. The predicted octanol–water partition coefficient (Wildman–Crippen LogP) is 11.5. The van der Waals surface area contributed by atoms with E-state index < -0.39 is 23.8 Å². The van der Waals surface area contributed by atoms with Crippen LogP contribution in [0, 0.1) is 38.5 Å². The number of hydrogen-bond acceptors (Lipinski definition) is 15. The number of rotatable bonds is 9. The molecule has 12 rings (SSSR count). The van der Waals surface area contributed by atoms with E-state index in [1.807, 2.05) is 64.1 Å². The number of aryl methyl sites for hydroxylation is 6. The molecule has 3 N–H and O–H groups in total. The number of ether oxygens (including phenoxy) is 1. The third-order valence-corrected chi connectivity index (χ3v) is 20.4. The van der Waals surface area contributed by atoms with Crippen molar-refractivity contribution in [3.63, 3.8) is 0 Å². The molecule has 2 saturated carbocycles. The Hall–Kier alpha value is -8.29. The monoisotopic (exact) mass is 1270 g/mol. The minimum atomic E-state index is -0.695. The molecule has 20 heteroatoms. The molecule has 4 aliphatic heterocycles. The van der Waals surface area contributed by atoms with Crippen LogP contribution in [0.3, 0.4) is 0 Å². The number of aromatic nitrogens is 6. The summed E-state index contributed by atoms with van der Waals surface area (Å²) >= 11 is 0. The third kappa shape index (κ3) is 14.4. The molecule has 4 bridgehead atoms. The lowest BCUT2D eigenvalue weighted by Gasteiger charge is -2.27. The largest absolute Gasteiger partial charge is 0.444 e. The average Bonchev–Trinajstić information content (AvgIpc) is 1.54. The van der Waals surface area contributed by atoms with Crippen LogP contribution in [-0.2, 0) is 72.3 Å². The SMILES string of the molecule is CC(=O)c1nn2c3c(cc(N)cc13)CCCCCCC(=O)CC[C@@]13C[C@@H](C(=O)Cc4nc(C)ccc4C)N(C(=O)C2)[C@@H]1C3.CC(=O)c1nn2c3c(cc(NC(=O)OC(C)(C)C)cc13)CCCCCCC(=O)CC[C@@]13C[C@@H](C(=O)Cc4nc(C)ccc4C)N(C(=O)C2)[C@@H]1C3. The van der Waals surface area contributed by atoms with E-state index in [9.17, 15) is 43.2 Å². The normalized spacial score (nSPS) is 23.7. The van der Waals surface area contributed by atoms with E-state index in [2.05, 4.69) is 20.4 Å². The molecule has 6 atom stereocenters. The molecule has 0 radical (unpaired) electrons. The van der Waals surface area contributed by atoms with Crippen LogP contribution < -0.4 is 11.1 Å². The zero-order valence-corrected chi connectivity index (χ0v) is 55.6. The second-order valence-electron chi connectivity index (χ2n) is 28.7. The maximum Gasteiger partial charge on any atom is 0.412 e. The maximum absolute atomic E-state index is 14.5. The number of nitrogen functional groups attached to an aromatic ring is 1. The number of nitrogens with two attached hydrogens (primary N) is 1. The first-order valence-corrected chi connectivity index (χ1v) is 33.6. The molecule has 4 fully saturated rings.